The molecule has 1 aliphatic rings. The van der Waals surface area contributed by atoms with Crippen molar-refractivity contribution in [3.63, 3.8) is 0 Å². The lowest BCUT2D eigenvalue weighted by molar-refractivity contribution is 0.108. The Labute approximate surface area is 116 Å². The zero-order valence-electron chi connectivity index (χ0n) is 9.51. The highest BCUT2D eigenvalue weighted by atomic mass is 35.5. The molecule has 7 heteroatoms. The molecule has 1 atom stereocenters. The summed E-state index contributed by atoms with van der Waals surface area (Å²) in [5, 5.41) is 9.78. The van der Waals surface area contributed by atoms with E-state index in [-0.39, 0.29) is 21.5 Å². The summed E-state index contributed by atoms with van der Waals surface area (Å²) < 4.78 is 26.0. The number of aliphatic hydroxyl groups excluding tert-OH is 1. The number of sulfonamides is 1. The number of halogens is 2. The van der Waals surface area contributed by atoms with Gasteiger partial charge < -0.3 is 5.11 Å². The maximum Gasteiger partial charge on any atom is 0.244 e. The minimum atomic E-state index is -3.69. The van der Waals surface area contributed by atoms with Gasteiger partial charge in [0.05, 0.1) is 16.1 Å². The smallest absolute Gasteiger partial charge is 0.244 e. The second-order valence-corrected chi connectivity index (χ2v) is 6.90. The second-order valence-electron chi connectivity index (χ2n) is 4.21. The molecule has 1 aliphatic heterocycles. The van der Waals surface area contributed by atoms with Gasteiger partial charge in [0.25, 0.3) is 0 Å². The van der Waals surface area contributed by atoms with Crippen LogP contribution in [-0.4, -0.2) is 37.0 Å². The molecular formula is C11H13Cl2NO3S. The molecular weight excluding hydrogens is 297 g/mol. The molecule has 0 aromatic heterocycles. The highest BCUT2D eigenvalue weighted by molar-refractivity contribution is 7.89. The van der Waals surface area contributed by atoms with Crippen LogP contribution in [0.2, 0.25) is 10.0 Å². The van der Waals surface area contributed by atoms with Crippen molar-refractivity contribution in [3.8, 4) is 0 Å². The Morgan fingerprint density at radius 1 is 1.33 bits per heavy atom. The molecule has 1 fully saturated rings. The minimum absolute atomic E-state index is 0.00855. The third-order valence-corrected chi connectivity index (χ3v) is 5.73. The van der Waals surface area contributed by atoms with Crippen LogP contribution in [-0.2, 0) is 10.0 Å². The fourth-order valence-electron chi connectivity index (χ4n) is 1.96. The Balaban J connectivity index is 2.39. The molecule has 0 bridgehead atoms. The molecule has 1 N–H and O–H groups in total. The lowest BCUT2D eigenvalue weighted by atomic mass is 10.1. The van der Waals surface area contributed by atoms with E-state index in [1.165, 1.54) is 16.4 Å². The summed E-state index contributed by atoms with van der Waals surface area (Å²) in [6.07, 6.45) is 0.639. The largest absolute Gasteiger partial charge is 0.392 e. The van der Waals surface area contributed by atoms with Gasteiger partial charge in [-0.2, -0.15) is 4.31 Å². The van der Waals surface area contributed by atoms with Gasteiger partial charge in [0.15, 0.2) is 0 Å². The highest BCUT2D eigenvalue weighted by Gasteiger charge is 2.31. The molecule has 0 unspecified atom stereocenters. The first-order valence-electron chi connectivity index (χ1n) is 5.55. The van der Waals surface area contributed by atoms with Crippen molar-refractivity contribution < 1.29 is 13.5 Å². The molecule has 0 amide bonds. The van der Waals surface area contributed by atoms with Crippen molar-refractivity contribution in [1.29, 1.82) is 0 Å². The summed E-state index contributed by atoms with van der Waals surface area (Å²) in [6, 6.07) is 4.50. The summed E-state index contributed by atoms with van der Waals surface area (Å²) in [7, 11) is -3.69. The molecule has 1 heterocycles. The number of hydrogen-bond donors (Lipinski definition) is 1. The number of rotatable bonds is 2. The van der Waals surface area contributed by atoms with Crippen LogP contribution in [0.3, 0.4) is 0 Å². The van der Waals surface area contributed by atoms with Gasteiger partial charge in [0, 0.05) is 13.1 Å². The van der Waals surface area contributed by atoms with Gasteiger partial charge in [-0.1, -0.05) is 29.3 Å². The Kier molecular flexibility index (Phi) is 4.18. The van der Waals surface area contributed by atoms with Crippen molar-refractivity contribution in [2.45, 2.75) is 23.8 Å². The van der Waals surface area contributed by atoms with Gasteiger partial charge >= 0.3 is 0 Å². The van der Waals surface area contributed by atoms with Gasteiger partial charge in [-0.3, -0.25) is 0 Å². The highest BCUT2D eigenvalue weighted by Crippen LogP contribution is 2.31. The zero-order valence-corrected chi connectivity index (χ0v) is 11.8. The molecule has 0 aliphatic carbocycles. The van der Waals surface area contributed by atoms with Crippen molar-refractivity contribution >= 4 is 33.2 Å². The van der Waals surface area contributed by atoms with E-state index in [2.05, 4.69) is 0 Å². The number of benzene rings is 1. The quantitative estimate of drug-likeness (QED) is 0.910. The van der Waals surface area contributed by atoms with Crippen molar-refractivity contribution in [2.24, 2.45) is 0 Å². The number of nitrogens with zero attached hydrogens (tertiary/aromatic N) is 1. The number of piperidine rings is 1. The Morgan fingerprint density at radius 2 is 2.06 bits per heavy atom. The predicted molar refractivity (Wildman–Crippen MR) is 70.5 cm³/mol. The van der Waals surface area contributed by atoms with Crippen LogP contribution in [0.1, 0.15) is 12.8 Å². The Morgan fingerprint density at radius 3 is 2.72 bits per heavy atom. The molecule has 1 saturated heterocycles. The van der Waals surface area contributed by atoms with Gasteiger partial charge in [-0.05, 0) is 25.0 Å². The van der Waals surface area contributed by atoms with Gasteiger partial charge in [-0.25, -0.2) is 8.42 Å². The number of hydrogen-bond acceptors (Lipinski definition) is 3. The van der Waals surface area contributed by atoms with E-state index in [0.29, 0.717) is 19.4 Å². The summed E-state index contributed by atoms with van der Waals surface area (Å²) in [4.78, 5) is -0.00855. The normalized spacial score (nSPS) is 22.1. The van der Waals surface area contributed by atoms with Crippen LogP contribution < -0.4 is 0 Å². The van der Waals surface area contributed by atoms with E-state index in [1.807, 2.05) is 0 Å². The monoisotopic (exact) mass is 309 g/mol. The van der Waals surface area contributed by atoms with Crippen molar-refractivity contribution in [3.05, 3.63) is 28.2 Å². The van der Waals surface area contributed by atoms with Crippen molar-refractivity contribution in [2.75, 3.05) is 13.1 Å². The van der Waals surface area contributed by atoms with Crippen LogP contribution in [0.5, 0.6) is 0 Å². The number of β-amino-alcohol motifs (C(OH)–C–C–N with tert-alkyl or cyclic N) is 1. The minimum Gasteiger partial charge on any atom is -0.392 e. The van der Waals surface area contributed by atoms with Crippen LogP contribution >= 0.6 is 23.2 Å². The first-order valence-corrected chi connectivity index (χ1v) is 7.75. The summed E-state index contributed by atoms with van der Waals surface area (Å²) in [5.41, 5.74) is 0. The lowest BCUT2D eigenvalue weighted by Crippen LogP contribution is -2.42. The van der Waals surface area contributed by atoms with E-state index < -0.39 is 16.1 Å². The van der Waals surface area contributed by atoms with Crippen LogP contribution in [0.4, 0.5) is 0 Å². The van der Waals surface area contributed by atoms with Gasteiger partial charge in [-0.15, -0.1) is 0 Å². The summed E-state index contributed by atoms with van der Waals surface area (Å²) in [6.45, 7) is 0.493. The molecule has 1 aromatic carbocycles. The fourth-order valence-corrected chi connectivity index (χ4v) is 4.21. The molecule has 0 radical (unpaired) electrons. The lowest BCUT2D eigenvalue weighted by Gasteiger charge is -2.29. The van der Waals surface area contributed by atoms with Crippen LogP contribution in [0.15, 0.2) is 23.1 Å². The van der Waals surface area contributed by atoms with E-state index >= 15 is 0 Å². The standard InChI is InChI=1S/C11H13Cl2NO3S/c12-9-4-1-5-10(11(9)13)18(16,17)14-6-2-3-8(15)7-14/h1,4-5,8,15H,2-3,6-7H2/t8-/m1/s1. The molecule has 4 nitrogen and oxygen atoms in total. The van der Waals surface area contributed by atoms with Gasteiger partial charge in [0.2, 0.25) is 10.0 Å². The van der Waals surface area contributed by atoms with E-state index in [9.17, 15) is 13.5 Å². The van der Waals surface area contributed by atoms with Crippen LogP contribution in [0.25, 0.3) is 0 Å². The molecule has 100 valence electrons. The first kappa shape index (κ1) is 14.1. The summed E-state index contributed by atoms with van der Waals surface area (Å²) in [5.74, 6) is 0. The fraction of sp³-hybridized carbons (Fsp3) is 0.455. The predicted octanol–water partition coefficient (Wildman–Crippen LogP) is 2.14. The maximum absolute atomic E-state index is 12.4. The average molecular weight is 310 g/mol. The third kappa shape index (κ3) is 2.65. The average Bonchev–Trinajstić information content (AvgIpc) is 2.32. The second kappa shape index (κ2) is 5.35. The topological polar surface area (TPSA) is 57.6 Å². The molecule has 0 saturated carbocycles. The maximum atomic E-state index is 12.4. The Hall–Kier alpha value is -0.330. The van der Waals surface area contributed by atoms with E-state index in [4.69, 9.17) is 23.2 Å². The van der Waals surface area contributed by atoms with E-state index in [1.54, 1.807) is 6.07 Å². The molecule has 0 spiro atoms. The van der Waals surface area contributed by atoms with Gasteiger partial charge in [0.1, 0.15) is 4.90 Å². The SMILES string of the molecule is O=S(=O)(c1cccc(Cl)c1Cl)N1CCC[C@@H](O)C1. The Bertz CT molecular complexity index is 547. The van der Waals surface area contributed by atoms with Crippen LogP contribution in [0, 0.1) is 0 Å². The first-order chi connectivity index (χ1) is 8.43. The molecule has 18 heavy (non-hydrogen) atoms. The number of aliphatic hydroxyl groups is 1. The third-order valence-electron chi connectivity index (χ3n) is 2.89. The summed E-state index contributed by atoms with van der Waals surface area (Å²) >= 11 is 11.8. The molecule has 1 aromatic rings. The van der Waals surface area contributed by atoms with E-state index in [0.717, 1.165) is 0 Å². The zero-order chi connectivity index (χ0) is 13.3. The van der Waals surface area contributed by atoms with Crippen molar-refractivity contribution in [1.82, 2.24) is 4.31 Å². The molecule has 2 rings (SSSR count).